The number of thioether (sulfide) groups is 1. The van der Waals surface area contributed by atoms with Crippen molar-refractivity contribution in [2.75, 3.05) is 5.32 Å². The van der Waals surface area contributed by atoms with Gasteiger partial charge in [-0.2, -0.15) is 5.01 Å². The summed E-state index contributed by atoms with van der Waals surface area (Å²) in [7, 11) is 0. The number of carbonyl (C=O) groups excluding carboxylic acids is 2. The molecule has 2 N–H and O–H groups in total. The maximum absolute atomic E-state index is 12.8. The second-order valence-electron chi connectivity index (χ2n) is 7.16. The average molecular weight is 549 g/mol. The van der Waals surface area contributed by atoms with E-state index in [-0.39, 0.29) is 10.7 Å². The second kappa shape index (κ2) is 10.8. The van der Waals surface area contributed by atoms with E-state index in [2.05, 4.69) is 10.7 Å². The van der Waals surface area contributed by atoms with E-state index in [1.807, 2.05) is 18.2 Å². The predicted molar refractivity (Wildman–Crippen MR) is 144 cm³/mol. The number of carbonyl (C=O) groups is 2. The fourth-order valence-corrected chi connectivity index (χ4v) is 4.96. The summed E-state index contributed by atoms with van der Waals surface area (Å²) in [5.74, 6) is -0.795. The summed E-state index contributed by atoms with van der Waals surface area (Å²) >= 11 is 24.9. The van der Waals surface area contributed by atoms with Crippen molar-refractivity contribution in [3.63, 3.8) is 0 Å². The van der Waals surface area contributed by atoms with Crippen LogP contribution in [0.5, 0.6) is 0 Å². The summed E-state index contributed by atoms with van der Waals surface area (Å²) in [6, 6.07) is 19.5. The van der Waals surface area contributed by atoms with Crippen molar-refractivity contribution < 1.29 is 9.59 Å². The van der Waals surface area contributed by atoms with E-state index in [1.54, 1.807) is 54.6 Å². The van der Waals surface area contributed by atoms with Gasteiger partial charge in [0.1, 0.15) is 0 Å². The smallest absolute Gasteiger partial charge is 0.285 e. The first-order valence-corrected chi connectivity index (χ1v) is 12.3. The normalized spacial score (nSPS) is 14.6. The molecule has 0 unspecified atom stereocenters. The molecule has 0 atom stereocenters. The highest BCUT2D eigenvalue weighted by Gasteiger charge is 2.33. The van der Waals surface area contributed by atoms with Crippen LogP contribution in [0.25, 0.3) is 6.08 Å². The zero-order valence-corrected chi connectivity index (χ0v) is 21.3. The number of hydrogen-bond donors (Lipinski definition) is 2. The summed E-state index contributed by atoms with van der Waals surface area (Å²) in [5.41, 5.74) is 5.31. The molecule has 0 radical (unpaired) electrons. The van der Waals surface area contributed by atoms with Crippen LogP contribution in [0.1, 0.15) is 11.1 Å². The number of halogens is 3. The van der Waals surface area contributed by atoms with E-state index in [0.29, 0.717) is 36.9 Å². The predicted octanol–water partition coefficient (Wildman–Crippen LogP) is 6.87. The fourth-order valence-electron chi connectivity index (χ4n) is 3.16. The van der Waals surface area contributed by atoms with Gasteiger partial charge in [-0.1, -0.05) is 83.0 Å². The molecule has 0 aromatic heterocycles. The number of thiocarbonyl (C=S) groups is 1. The minimum atomic E-state index is -0.399. The van der Waals surface area contributed by atoms with E-state index < -0.39 is 11.8 Å². The molecule has 0 bridgehead atoms. The maximum atomic E-state index is 12.8. The highest BCUT2D eigenvalue weighted by atomic mass is 35.5. The minimum Gasteiger partial charge on any atom is -0.353 e. The summed E-state index contributed by atoms with van der Waals surface area (Å²) in [4.78, 5) is 26.0. The van der Waals surface area contributed by atoms with Gasteiger partial charge >= 0.3 is 0 Å². The Kier molecular flexibility index (Phi) is 7.80. The van der Waals surface area contributed by atoms with E-state index in [1.165, 1.54) is 0 Å². The molecule has 2 amide bonds. The van der Waals surface area contributed by atoms with Gasteiger partial charge in [-0.3, -0.25) is 15.0 Å². The topological polar surface area (TPSA) is 61.4 Å². The van der Waals surface area contributed by atoms with Crippen LogP contribution < -0.4 is 10.7 Å². The van der Waals surface area contributed by atoms with Crippen molar-refractivity contribution in [3.8, 4) is 0 Å². The molecule has 0 spiro atoms. The molecule has 5 nitrogen and oxygen atoms in total. The first-order chi connectivity index (χ1) is 16.3. The SMILES string of the molecule is O=C(Cc1ccccc1Nc1c(Cl)cccc1Cl)NN1C(=O)/C(=C/c2ccc(Cl)cc2)SC1=S. The van der Waals surface area contributed by atoms with Crippen molar-refractivity contribution in [1.82, 2.24) is 10.4 Å². The summed E-state index contributed by atoms with van der Waals surface area (Å²) < 4.78 is 0.243. The molecule has 1 heterocycles. The summed E-state index contributed by atoms with van der Waals surface area (Å²) in [6.07, 6.45) is 1.70. The Labute approximate surface area is 221 Å². The molecule has 4 rings (SSSR count). The molecule has 1 aliphatic rings. The Bertz CT molecular complexity index is 1290. The molecule has 1 aliphatic heterocycles. The summed E-state index contributed by atoms with van der Waals surface area (Å²) in [6.45, 7) is 0. The molecule has 172 valence electrons. The standard InChI is InChI=1S/C24H16Cl3N3O2S2/c25-16-10-8-14(9-11-16)12-20-23(32)30(24(33)34-20)29-21(31)13-15-4-1-2-7-19(15)28-22-17(26)5-3-6-18(22)27/h1-12,28H,13H2,(H,29,31)/b20-12-. The second-order valence-corrected chi connectivity index (χ2v) is 10.1. The number of hydrazine groups is 1. The van der Waals surface area contributed by atoms with Crippen molar-refractivity contribution in [1.29, 1.82) is 0 Å². The molecular weight excluding hydrogens is 533 g/mol. The average Bonchev–Trinajstić information content (AvgIpc) is 3.06. The summed E-state index contributed by atoms with van der Waals surface area (Å²) in [5, 5.41) is 5.79. The third kappa shape index (κ3) is 5.74. The minimum absolute atomic E-state index is 0.00145. The lowest BCUT2D eigenvalue weighted by Crippen LogP contribution is -2.45. The highest BCUT2D eigenvalue weighted by Crippen LogP contribution is 2.34. The van der Waals surface area contributed by atoms with Crippen LogP contribution in [0.3, 0.4) is 0 Å². The van der Waals surface area contributed by atoms with Gasteiger partial charge in [-0.05, 0) is 59.8 Å². The van der Waals surface area contributed by atoms with Crippen LogP contribution in [-0.2, 0) is 16.0 Å². The van der Waals surface area contributed by atoms with Gasteiger partial charge in [-0.25, -0.2) is 0 Å². The molecule has 0 saturated carbocycles. The number of anilines is 2. The van der Waals surface area contributed by atoms with Crippen LogP contribution in [0, 0.1) is 0 Å². The lowest BCUT2D eigenvalue weighted by molar-refractivity contribution is -0.132. The van der Waals surface area contributed by atoms with Gasteiger partial charge in [0, 0.05) is 10.7 Å². The molecule has 1 fully saturated rings. The maximum Gasteiger partial charge on any atom is 0.285 e. The van der Waals surface area contributed by atoms with Crippen LogP contribution in [-0.4, -0.2) is 21.1 Å². The van der Waals surface area contributed by atoms with Crippen molar-refractivity contribution in [2.24, 2.45) is 0 Å². The van der Waals surface area contributed by atoms with Gasteiger partial charge in [0.15, 0.2) is 4.32 Å². The van der Waals surface area contributed by atoms with E-state index in [0.717, 1.165) is 22.3 Å². The number of benzene rings is 3. The van der Waals surface area contributed by atoms with Gasteiger partial charge in [0.2, 0.25) is 5.91 Å². The number of nitrogens with one attached hydrogen (secondary N) is 2. The van der Waals surface area contributed by atoms with Crippen molar-refractivity contribution in [2.45, 2.75) is 6.42 Å². The van der Waals surface area contributed by atoms with Crippen LogP contribution in [0.15, 0.2) is 71.6 Å². The number of rotatable bonds is 6. The number of para-hydroxylation sites is 2. The Balaban J connectivity index is 1.46. The Morgan fingerprint density at radius 2 is 1.65 bits per heavy atom. The molecule has 34 heavy (non-hydrogen) atoms. The number of nitrogens with zero attached hydrogens (tertiary/aromatic N) is 1. The number of hydrogen-bond acceptors (Lipinski definition) is 5. The van der Waals surface area contributed by atoms with Crippen molar-refractivity contribution >= 4 is 92.4 Å². The Morgan fingerprint density at radius 1 is 0.971 bits per heavy atom. The van der Waals surface area contributed by atoms with Gasteiger partial charge in [0.25, 0.3) is 5.91 Å². The lowest BCUT2D eigenvalue weighted by atomic mass is 10.1. The largest absolute Gasteiger partial charge is 0.353 e. The van der Waals surface area contributed by atoms with Gasteiger partial charge in [-0.15, -0.1) is 0 Å². The van der Waals surface area contributed by atoms with Crippen LogP contribution >= 0.6 is 58.8 Å². The highest BCUT2D eigenvalue weighted by molar-refractivity contribution is 8.26. The third-order valence-electron chi connectivity index (χ3n) is 4.79. The van der Waals surface area contributed by atoms with Crippen LogP contribution in [0.2, 0.25) is 15.1 Å². The molecule has 3 aromatic carbocycles. The van der Waals surface area contributed by atoms with E-state index >= 15 is 0 Å². The van der Waals surface area contributed by atoms with E-state index in [4.69, 9.17) is 47.0 Å². The molecule has 0 aliphatic carbocycles. The van der Waals surface area contributed by atoms with Gasteiger partial charge < -0.3 is 5.32 Å². The first-order valence-electron chi connectivity index (χ1n) is 9.94. The molecule has 3 aromatic rings. The lowest BCUT2D eigenvalue weighted by Gasteiger charge is -2.17. The van der Waals surface area contributed by atoms with Crippen LogP contribution in [0.4, 0.5) is 11.4 Å². The Morgan fingerprint density at radius 3 is 2.35 bits per heavy atom. The number of amides is 2. The quantitative estimate of drug-likeness (QED) is 0.260. The Hall–Kier alpha value is -2.55. The molecule has 10 heteroatoms. The monoisotopic (exact) mass is 547 g/mol. The molecular formula is C24H16Cl3N3O2S2. The van der Waals surface area contributed by atoms with Crippen molar-refractivity contribution in [3.05, 3.63) is 97.8 Å². The zero-order chi connectivity index (χ0) is 24.2. The first kappa shape index (κ1) is 24.6. The molecule has 1 saturated heterocycles. The zero-order valence-electron chi connectivity index (χ0n) is 17.3. The third-order valence-corrected chi connectivity index (χ3v) is 6.97. The van der Waals surface area contributed by atoms with E-state index in [9.17, 15) is 9.59 Å². The fraction of sp³-hybridized carbons (Fsp3) is 0.0417. The van der Waals surface area contributed by atoms with Gasteiger partial charge in [0.05, 0.1) is 27.1 Å².